The average molecular weight is 407 g/mol. The van der Waals surface area contributed by atoms with E-state index in [-0.39, 0.29) is 5.91 Å². The van der Waals surface area contributed by atoms with Gasteiger partial charge in [-0.1, -0.05) is 42.5 Å². The van der Waals surface area contributed by atoms with E-state index in [0.29, 0.717) is 16.3 Å². The van der Waals surface area contributed by atoms with Gasteiger partial charge in [0.1, 0.15) is 16.3 Å². The van der Waals surface area contributed by atoms with Crippen LogP contribution in [-0.2, 0) is 22.4 Å². The molecule has 1 atom stereocenters. The van der Waals surface area contributed by atoms with Crippen LogP contribution >= 0.6 is 11.3 Å². The summed E-state index contributed by atoms with van der Waals surface area (Å²) in [5.41, 5.74) is 3.51. The number of esters is 1. The number of carbonyl (C=O) groups excluding carboxylic acids is 2. The normalized spacial score (nSPS) is 13.0. The minimum absolute atomic E-state index is 0.314. The molecule has 1 amide bonds. The first kappa shape index (κ1) is 19.2. The topological polar surface area (TPSA) is 64.6 Å². The standard InChI is InChI=1S/C23H21NO4S/c1-14(28-16-9-4-3-5-10-16)21(25)24-22-20(23(26)27-2)19-17-11-7-6-8-15(17)12-13-18(19)29-22/h3-11,14H,12-13H2,1-2H3,(H,24,25)/t14-/m1/s1. The molecule has 1 aromatic heterocycles. The zero-order chi connectivity index (χ0) is 20.4. The van der Waals surface area contributed by atoms with Crippen LogP contribution in [0.1, 0.15) is 27.7 Å². The van der Waals surface area contributed by atoms with Crippen LogP contribution in [0.4, 0.5) is 5.00 Å². The Bertz CT molecular complexity index is 1060. The Balaban J connectivity index is 1.65. The van der Waals surface area contributed by atoms with Crippen LogP contribution in [0.3, 0.4) is 0 Å². The Morgan fingerprint density at radius 3 is 2.52 bits per heavy atom. The van der Waals surface area contributed by atoms with Crippen LogP contribution in [-0.4, -0.2) is 25.1 Å². The predicted molar refractivity (Wildman–Crippen MR) is 114 cm³/mol. The third-order valence-corrected chi connectivity index (χ3v) is 6.11. The summed E-state index contributed by atoms with van der Waals surface area (Å²) in [6.45, 7) is 1.68. The van der Waals surface area contributed by atoms with E-state index in [0.717, 1.165) is 28.8 Å². The first-order valence-electron chi connectivity index (χ1n) is 9.43. The summed E-state index contributed by atoms with van der Waals surface area (Å²) in [7, 11) is 1.36. The number of aryl methyl sites for hydroxylation is 2. The molecule has 6 heteroatoms. The van der Waals surface area contributed by atoms with E-state index < -0.39 is 12.1 Å². The lowest BCUT2D eigenvalue weighted by Gasteiger charge is -2.17. The van der Waals surface area contributed by atoms with Crippen LogP contribution in [0, 0.1) is 0 Å². The first-order valence-corrected chi connectivity index (χ1v) is 10.2. The number of para-hydroxylation sites is 1. The monoisotopic (exact) mass is 407 g/mol. The Morgan fingerprint density at radius 2 is 1.76 bits per heavy atom. The molecular formula is C23H21NO4S. The number of fused-ring (bicyclic) bond motifs is 3. The average Bonchev–Trinajstić information content (AvgIpc) is 3.12. The highest BCUT2D eigenvalue weighted by Crippen LogP contribution is 2.45. The van der Waals surface area contributed by atoms with Gasteiger partial charge in [0.05, 0.1) is 7.11 Å². The number of amides is 1. The number of methoxy groups -OCH3 is 1. The summed E-state index contributed by atoms with van der Waals surface area (Å²) in [5.74, 6) is -0.153. The lowest BCUT2D eigenvalue weighted by atomic mass is 9.88. The lowest BCUT2D eigenvalue weighted by molar-refractivity contribution is -0.122. The van der Waals surface area contributed by atoms with Crippen molar-refractivity contribution in [1.29, 1.82) is 0 Å². The molecule has 5 nitrogen and oxygen atoms in total. The van der Waals surface area contributed by atoms with Gasteiger partial charge in [0.15, 0.2) is 6.10 Å². The number of rotatable bonds is 5. The highest BCUT2D eigenvalue weighted by Gasteiger charge is 2.30. The molecular weight excluding hydrogens is 386 g/mol. The van der Waals surface area contributed by atoms with Gasteiger partial charge in [-0.15, -0.1) is 11.3 Å². The molecule has 1 N–H and O–H groups in total. The Morgan fingerprint density at radius 1 is 1.03 bits per heavy atom. The molecule has 0 saturated heterocycles. The number of thiophene rings is 1. The Hall–Kier alpha value is -3.12. The molecule has 1 aliphatic carbocycles. The van der Waals surface area contributed by atoms with E-state index in [9.17, 15) is 9.59 Å². The molecule has 1 heterocycles. The van der Waals surface area contributed by atoms with Gasteiger partial charge in [-0.05, 0) is 43.0 Å². The smallest absolute Gasteiger partial charge is 0.341 e. The molecule has 0 aliphatic heterocycles. The molecule has 3 aromatic rings. The lowest BCUT2D eigenvalue weighted by Crippen LogP contribution is -2.30. The number of anilines is 1. The molecule has 0 bridgehead atoms. The number of nitrogens with one attached hydrogen (secondary N) is 1. The van der Waals surface area contributed by atoms with E-state index in [1.54, 1.807) is 19.1 Å². The van der Waals surface area contributed by atoms with Gasteiger partial charge in [-0.25, -0.2) is 4.79 Å². The molecule has 29 heavy (non-hydrogen) atoms. The van der Waals surface area contributed by atoms with Gasteiger partial charge in [0.2, 0.25) is 0 Å². The fraction of sp³-hybridized carbons (Fsp3) is 0.217. The van der Waals surface area contributed by atoms with Crippen molar-refractivity contribution in [2.75, 3.05) is 12.4 Å². The maximum absolute atomic E-state index is 12.8. The van der Waals surface area contributed by atoms with Crippen LogP contribution in [0.5, 0.6) is 5.75 Å². The third-order valence-electron chi connectivity index (χ3n) is 4.94. The largest absolute Gasteiger partial charge is 0.481 e. The molecule has 1 aliphatic rings. The second-order valence-corrected chi connectivity index (χ2v) is 7.92. The molecule has 0 radical (unpaired) electrons. The number of hydrogen-bond donors (Lipinski definition) is 1. The quantitative estimate of drug-likeness (QED) is 0.623. The summed E-state index contributed by atoms with van der Waals surface area (Å²) in [4.78, 5) is 26.5. The Labute approximate surface area is 173 Å². The maximum Gasteiger partial charge on any atom is 0.341 e. The van der Waals surface area contributed by atoms with E-state index in [2.05, 4.69) is 11.4 Å². The SMILES string of the molecule is COC(=O)c1c(NC(=O)[C@@H](C)Oc2ccccc2)sc2c1-c1ccccc1CC2. The van der Waals surface area contributed by atoms with Gasteiger partial charge in [-0.2, -0.15) is 0 Å². The number of hydrogen-bond acceptors (Lipinski definition) is 5. The van der Waals surface area contributed by atoms with E-state index in [4.69, 9.17) is 9.47 Å². The second-order valence-electron chi connectivity index (χ2n) is 6.82. The van der Waals surface area contributed by atoms with Gasteiger partial charge in [-0.3, -0.25) is 4.79 Å². The summed E-state index contributed by atoms with van der Waals surface area (Å²) in [6.07, 6.45) is 1.02. The predicted octanol–water partition coefficient (Wildman–Crippen LogP) is 4.71. The number of carbonyl (C=O) groups is 2. The van der Waals surface area contributed by atoms with Gasteiger partial charge >= 0.3 is 5.97 Å². The molecule has 2 aromatic carbocycles. The van der Waals surface area contributed by atoms with Crippen LogP contribution in [0.2, 0.25) is 0 Å². The van der Waals surface area contributed by atoms with Gasteiger partial charge in [0, 0.05) is 10.4 Å². The van der Waals surface area contributed by atoms with Crippen LogP contribution in [0.15, 0.2) is 54.6 Å². The van der Waals surface area contributed by atoms with Crippen molar-refractivity contribution >= 4 is 28.2 Å². The van der Waals surface area contributed by atoms with Gasteiger partial charge in [0.25, 0.3) is 5.91 Å². The molecule has 148 valence electrons. The fourth-order valence-corrected chi connectivity index (χ4v) is 4.73. The summed E-state index contributed by atoms with van der Waals surface area (Å²) in [6, 6.07) is 17.2. The summed E-state index contributed by atoms with van der Waals surface area (Å²) >= 11 is 1.43. The Kier molecular flexibility index (Phi) is 5.36. The van der Waals surface area contributed by atoms with Crippen LogP contribution in [0.25, 0.3) is 11.1 Å². The second kappa shape index (κ2) is 8.09. The molecule has 0 saturated carbocycles. The zero-order valence-electron chi connectivity index (χ0n) is 16.2. The molecule has 0 fully saturated rings. The molecule has 0 spiro atoms. The van der Waals surface area contributed by atoms with Crippen molar-refractivity contribution in [3.05, 3.63) is 70.6 Å². The fourth-order valence-electron chi connectivity index (χ4n) is 3.52. The van der Waals surface area contributed by atoms with Gasteiger partial charge < -0.3 is 14.8 Å². The highest BCUT2D eigenvalue weighted by molar-refractivity contribution is 7.17. The first-order chi connectivity index (χ1) is 14.1. The van der Waals surface area contributed by atoms with Crippen molar-refractivity contribution in [3.8, 4) is 16.9 Å². The van der Waals surface area contributed by atoms with E-state index in [1.165, 1.54) is 24.0 Å². The zero-order valence-corrected chi connectivity index (χ0v) is 17.0. The van der Waals surface area contributed by atoms with Crippen molar-refractivity contribution in [2.24, 2.45) is 0 Å². The van der Waals surface area contributed by atoms with Crippen molar-refractivity contribution in [2.45, 2.75) is 25.9 Å². The maximum atomic E-state index is 12.8. The third kappa shape index (κ3) is 3.76. The van der Waals surface area contributed by atoms with Crippen molar-refractivity contribution in [1.82, 2.24) is 0 Å². The number of benzene rings is 2. The summed E-state index contributed by atoms with van der Waals surface area (Å²) < 4.78 is 10.7. The number of ether oxygens (including phenoxy) is 2. The highest BCUT2D eigenvalue weighted by atomic mass is 32.1. The summed E-state index contributed by atoms with van der Waals surface area (Å²) in [5, 5.41) is 3.39. The minimum Gasteiger partial charge on any atom is -0.481 e. The van der Waals surface area contributed by atoms with Crippen LogP contribution < -0.4 is 10.1 Å². The van der Waals surface area contributed by atoms with Crippen molar-refractivity contribution < 1.29 is 19.1 Å². The minimum atomic E-state index is -0.714. The molecule has 4 rings (SSSR count). The molecule has 0 unspecified atom stereocenters. The van der Waals surface area contributed by atoms with E-state index in [1.807, 2.05) is 36.4 Å². The van der Waals surface area contributed by atoms with Crippen molar-refractivity contribution in [3.63, 3.8) is 0 Å². The van der Waals surface area contributed by atoms with E-state index >= 15 is 0 Å².